The second kappa shape index (κ2) is 6.36. The maximum atomic E-state index is 11.3. The Balaban J connectivity index is 1.96. The second-order valence-corrected chi connectivity index (χ2v) is 6.43. The Labute approximate surface area is 122 Å². The van der Waals surface area contributed by atoms with Crippen LogP contribution in [0.1, 0.15) is 14.7 Å². The number of benzene rings is 1. The van der Waals surface area contributed by atoms with Crippen LogP contribution in [0.15, 0.2) is 39.8 Å². The van der Waals surface area contributed by atoms with Crippen molar-refractivity contribution in [2.24, 2.45) is 0 Å². The normalized spacial score (nSPS) is 10.3. The fourth-order valence-corrected chi connectivity index (χ4v) is 3.25. The molecule has 6 heteroatoms. The number of carbonyl (C=O) groups is 1. The van der Waals surface area contributed by atoms with Crippen molar-refractivity contribution in [3.05, 3.63) is 44.8 Å². The molecule has 0 aliphatic carbocycles. The van der Waals surface area contributed by atoms with Gasteiger partial charge in [-0.1, -0.05) is 15.9 Å². The lowest BCUT2D eigenvalue weighted by Gasteiger charge is -1.98. The summed E-state index contributed by atoms with van der Waals surface area (Å²) in [7, 11) is 1.37. The van der Waals surface area contributed by atoms with Gasteiger partial charge in [0.2, 0.25) is 0 Å². The summed E-state index contributed by atoms with van der Waals surface area (Å²) in [5, 5.41) is 0.920. The van der Waals surface area contributed by atoms with E-state index in [2.05, 4.69) is 25.7 Å². The molecule has 0 saturated carbocycles. The summed E-state index contributed by atoms with van der Waals surface area (Å²) in [5.41, 5.74) is 0. The van der Waals surface area contributed by atoms with Crippen molar-refractivity contribution in [3.63, 3.8) is 0 Å². The van der Waals surface area contributed by atoms with Gasteiger partial charge in [0, 0.05) is 9.37 Å². The standard InChI is InChI=1S/C12H10BrNO2S2/c1-16-12(15)10-6-14-11(18-10)7-17-9-4-2-8(13)3-5-9/h2-6H,7H2,1H3. The molecular formula is C12H10BrNO2S2. The van der Waals surface area contributed by atoms with Gasteiger partial charge in [-0.3, -0.25) is 0 Å². The molecule has 94 valence electrons. The smallest absolute Gasteiger partial charge is 0.349 e. The fourth-order valence-electron chi connectivity index (χ4n) is 1.25. The fraction of sp³-hybridized carbons (Fsp3) is 0.167. The lowest BCUT2D eigenvalue weighted by atomic mass is 10.4. The number of nitrogens with zero attached hydrogens (tertiary/aromatic N) is 1. The average Bonchev–Trinajstić information content (AvgIpc) is 2.86. The van der Waals surface area contributed by atoms with Crippen molar-refractivity contribution in [3.8, 4) is 0 Å². The number of thiazole rings is 1. The molecule has 0 spiro atoms. The predicted molar refractivity (Wildman–Crippen MR) is 77.2 cm³/mol. The Hall–Kier alpha value is -0.850. The lowest BCUT2D eigenvalue weighted by Crippen LogP contribution is -1.96. The van der Waals surface area contributed by atoms with Crippen LogP contribution in [-0.4, -0.2) is 18.1 Å². The lowest BCUT2D eigenvalue weighted by molar-refractivity contribution is 0.0606. The van der Waals surface area contributed by atoms with Gasteiger partial charge in [0.1, 0.15) is 9.88 Å². The SMILES string of the molecule is COC(=O)c1cnc(CSc2ccc(Br)cc2)s1. The molecule has 0 N–H and O–H groups in total. The number of carbonyl (C=O) groups excluding carboxylic acids is 1. The van der Waals surface area contributed by atoms with E-state index in [0.717, 1.165) is 15.2 Å². The monoisotopic (exact) mass is 343 g/mol. The Morgan fingerprint density at radius 1 is 1.44 bits per heavy atom. The number of ether oxygens (including phenoxy) is 1. The third-order valence-electron chi connectivity index (χ3n) is 2.12. The first kappa shape index (κ1) is 13.6. The van der Waals surface area contributed by atoms with Gasteiger partial charge in [0.05, 0.1) is 19.1 Å². The zero-order valence-corrected chi connectivity index (χ0v) is 12.8. The Kier molecular flexibility index (Phi) is 4.79. The molecule has 2 aromatic rings. The summed E-state index contributed by atoms with van der Waals surface area (Å²) in [6, 6.07) is 8.10. The number of thioether (sulfide) groups is 1. The number of halogens is 1. The topological polar surface area (TPSA) is 39.2 Å². The maximum absolute atomic E-state index is 11.3. The van der Waals surface area contributed by atoms with Crippen LogP contribution < -0.4 is 0 Å². The molecule has 1 heterocycles. The van der Waals surface area contributed by atoms with Crippen molar-refractivity contribution in [2.75, 3.05) is 7.11 Å². The quantitative estimate of drug-likeness (QED) is 0.621. The van der Waals surface area contributed by atoms with Gasteiger partial charge in [-0.05, 0) is 24.3 Å². The highest BCUT2D eigenvalue weighted by molar-refractivity contribution is 9.10. The molecule has 0 unspecified atom stereocenters. The van der Waals surface area contributed by atoms with Crippen LogP contribution in [0.3, 0.4) is 0 Å². The highest BCUT2D eigenvalue weighted by Gasteiger charge is 2.10. The van der Waals surface area contributed by atoms with E-state index >= 15 is 0 Å². The van der Waals surface area contributed by atoms with Gasteiger partial charge in [-0.15, -0.1) is 23.1 Å². The number of hydrogen-bond acceptors (Lipinski definition) is 5. The van der Waals surface area contributed by atoms with E-state index in [1.807, 2.05) is 24.3 Å². The Morgan fingerprint density at radius 2 is 2.17 bits per heavy atom. The van der Waals surface area contributed by atoms with E-state index in [0.29, 0.717) is 4.88 Å². The van der Waals surface area contributed by atoms with Gasteiger partial charge >= 0.3 is 5.97 Å². The minimum absolute atomic E-state index is 0.326. The molecule has 0 aliphatic rings. The molecule has 0 amide bonds. The Morgan fingerprint density at radius 3 is 2.83 bits per heavy atom. The number of methoxy groups -OCH3 is 1. The van der Waals surface area contributed by atoms with Crippen LogP contribution in [0, 0.1) is 0 Å². The van der Waals surface area contributed by atoms with Gasteiger partial charge in [-0.25, -0.2) is 9.78 Å². The predicted octanol–water partition coefficient (Wildman–Crippen LogP) is 3.98. The first-order chi connectivity index (χ1) is 8.69. The van der Waals surface area contributed by atoms with Crippen molar-refractivity contribution in [1.29, 1.82) is 0 Å². The molecule has 0 saturated heterocycles. The third kappa shape index (κ3) is 3.57. The molecule has 0 atom stereocenters. The number of aromatic nitrogens is 1. The highest BCUT2D eigenvalue weighted by Crippen LogP contribution is 2.26. The molecule has 0 bridgehead atoms. The molecule has 1 aromatic heterocycles. The molecule has 0 aliphatic heterocycles. The van der Waals surface area contributed by atoms with Gasteiger partial charge < -0.3 is 4.74 Å². The summed E-state index contributed by atoms with van der Waals surface area (Å²) >= 11 is 6.46. The molecule has 2 rings (SSSR count). The van der Waals surface area contributed by atoms with Crippen LogP contribution in [-0.2, 0) is 10.5 Å². The van der Waals surface area contributed by atoms with E-state index in [9.17, 15) is 4.79 Å². The third-order valence-corrected chi connectivity index (χ3v) is 4.83. The highest BCUT2D eigenvalue weighted by atomic mass is 79.9. The van der Waals surface area contributed by atoms with E-state index in [1.165, 1.54) is 23.3 Å². The number of rotatable bonds is 4. The first-order valence-corrected chi connectivity index (χ1v) is 7.70. The summed E-state index contributed by atoms with van der Waals surface area (Å²) < 4.78 is 5.71. The van der Waals surface area contributed by atoms with E-state index in [-0.39, 0.29) is 5.97 Å². The number of hydrogen-bond donors (Lipinski definition) is 0. The van der Waals surface area contributed by atoms with E-state index < -0.39 is 0 Å². The van der Waals surface area contributed by atoms with Crippen LogP contribution in [0.2, 0.25) is 0 Å². The van der Waals surface area contributed by atoms with E-state index in [1.54, 1.807) is 18.0 Å². The molecular weight excluding hydrogens is 334 g/mol. The summed E-state index contributed by atoms with van der Waals surface area (Å²) in [6.07, 6.45) is 1.56. The summed E-state index contributed by atoms with van der Waals surface area (Å²) in [4.78, 5) is 17.2. The Bertz CT molecular complexity index is 539. The van der Waals surface area contributed by atoms with Gasteiger partial charge in [0.15, 0.2) is 0 Å². The maximum Gasteiger partial charge on any atom is 0.349 e. The van der Waals surface area contributed by atoms with Crippen LogP contribution >= 0.6 is 39.0 Å². The van der Waals surface area contributed by atoms with Crippen molar-refractivity contribution in [2.45, 2.75) is 10.6 Å². The molecule has 0 fully saturated rings. The van der Waals surface area contributed by atoms with Gasteiger partial charge in [-0.2, -0.15) is 0 Å². The van der Waals surface area contributed by atoms with Crippen molar-refractivity contribution >= 4 is 45.0 Å². The van der Waals surface area contributed by atoms with Crippen molar-refractivity contribution in [1.82, 2.24) is 4.98 Å². The average molecular weight is 344 g/mol. The minimum Gasteiger partial charge on any atom is -0.465 e. The van der Waals surface area contributed by atoms with Crippen LogP contribution in [0.25, 0.3) is 0 Å². The van der Waals surface area contributed by atoms with Crippen LogP contribution in [0.4, 0.5) is 0 Å². The zero-order chi connectivity index (χ0) is 13.0. The zero-order valence-electron chi connectivity index (χ0n) is 9.55. The van der Waals surface area contributed by atoms with E-state index in [4.69, 9.17) is 0 Å². The second-order valence-electron chi connectivity index (χ2n) is 3.35. The molecule has 1 aromatic carbocycles. The summed E-state index contributed by atoms with van der Waals surface area (Å²) in [6.45, 7) is 0. The van der Waals surface area contributed by atoms with Crippen molar-refractivity contribution < 1.29 is 9.53 Å². The first-order valence-electron chi connectivity index (χ1n) is 5.10. The molecule has 3 nitrogen and oxygen atoms in total. The minimum atomic E-state index is -0.326. The molecule has 18 heavy (non-hydrogen) atoms. The largest absolute Gasteiger partial charge is 0.465 e. The van der Waals surface area contributed by atoms with Crippen LogP contribution in [0.5, 0.6) is 0 Å². The molecule has 0 radical (unpaired) electrons. The van der Waals surface area contributed by atoms with Gasteiger partial charge in [0.25, 0.3) is 0 Å². The summed E-state index contributed by atoms with van der Waals surface area (Å²) in [5.74, 6) is 0.427. The number of esters is 1.